The number of rotatable bonds is 4. The van der Waals surface area contributed by atoms with Crippen molar-refractivity contribution in [3.05, 3.63) is 100 Å². The molecule has 7 heteroatoms. The fraction of sp³-hybridized carbons (Fsp3) is 0.353. The average molecular weight is 564 g/mol. The molecule has 41 heavy (non-hydrogen) atoms. The molecule has 0 spiro atoms. The fourth-order valence-corrected chi connectivity index (χ4v) is 9.26. The number of para-hydroxylation sites is 1. The lowest BCUT2D eigenvalue weighted by atomic mass is 9.47. The van der Waals surface area contributed by atoms with Gasteiger partial charge in [0.25, 0.3) is 0 Å². The maximum absolute atomic E-state index is 14.4. The molecule has 3 fully saturated rings. The Bertz CT molecular complexity index is 1640. The van der Waals surface area contributed by atoms with Crippen LogP contribution in [-0.4, -0.2) is 23.9 Å². The van der Waals surface area contributed by atoms with Gasteiger partial charge in [0.1, 0.15) is 0 Å². The van der Waals surface area contributed by atoms with Crippen molar-refractivity contribution in [2.24, 2.45) is 34.2 Å². The van der Waals surface area contributed by atoms with E-state index in [9.17, 15) is 14.4 Å². The summed E-state index contributed by atoms with van der Waals surface area (Å²) in [6.45, 7) is 2.22. The predicted molar refractivity (Wildman–Crippen MR) is 157 cm³/mol. The highest BCUT2D eigenvalue weighted by Gasteiger charge is 2.68. The number of benzene rings is 3. The third-order valence-electron chi connectivity index (χ3n) is 10.8. The number of anilines is 1. The van der Waals surface area contributed by atoms with Crippen molar-refractivity contribution in [3.63, 3.8) is 0 Å². The number of nitrogens with one attached hydrogen (secondary N) is 1. The first-order valence-electron chi connectivity index (χ1n) is 14.5. The van der Waals surface area contributed by atoms with Gasteiger partial charge in [0.05, 0.1) is 28.0 Å². The molecule has 2 saturated carbocycles. The number of carbonyl (C=O) groups is 3. The van der Waals surface area contributed by atoms with Gasteiger partial charge in [-0.1, -0.05) is 92.0 Å². The van der Waals surface area contributed by atoms with Crippen molar-refractivity contribution in [1.29, 1.82) is 0 Å². The summed E-state index contributed by atoms with van der Waals surface area (Å²) in [5.74, 6) is -1.81. The molecule has 5 atom stereocenters. The maximum atomic E-state index is 14.4. The maximum Gasteiger partial charge on any atom is 0.244 e. The Morgan fingerprint density at radius 1 is 0.951 bits per heavy atom. The Morgan fingerprint density at radius 2 is 1.61 bits per heavy atom. The van der Waals surface area contributed by atoms with Gasteiger partial charge in [0, 0.05) is 18.1 Å². The van der Waals surface area contributed by atoms with Crippen molar-refractivity contribution in [2.75, 3.05) is 4.90 Å². The zero-order valence-corrected chi connectivity index (χ0v) is 23.5. The summed E-state index contributed by atoms with van der Waals surface area (Å²) in [6, 6.07) is 23.0. The second-order valence-corrected chi connectivity index (χ2v) is 13.0. The Kier molecular flexibility index (Phi) is 5.25. The summed E-state index contributed by atoms with van der Waals surface area (Å²) in [6.07, 6.45) is 6.24. The Morgan fingerprint density at radius 3 is 2.27 bits per heavy atom. The molecule has 1 aliphatic heterocycles. The molecule has 3 aromatic carbocycles. The first-order chi connectivity index (χ1) is 19.9. The first-order valence-corrected chi connectivity index (χ1v) is 14.9. The smallest absolute Gasteiger partial charge is 0.244 e. The number of hydrazone groups is 1. The molecule has 2 bridgehead atoms. The molecule has 3 amide bonds. The summed E-state index contributed by atoms with van der Waals surface area (Å²) in [7, 11) is 0. The van der Waals surface area contributed by atoms with Crippen LogP contribution >= 0.6 is 11.6 Å². The Balaban J connectivity index is 1.26. The highest BCUT2D eigenvalue weighted by molar-refractivity contribution is 6.36. The van der Waals surface area contributed by atoms with Crippen molar-refractivity contribution in [1.82, 2.24) is 5.43 Å². The second kappa shape index (κ2) is 8.62. The van der Waals surface area contributed by atoms with Crippen molar-refractivity contribution in [3.8, 4) is 0 Å². The van der Waals surface area contributed by atoms with Crippen molar-refractivity contribution < 1.29 is 14.4 Å². The van der Waals surface area contributed by atoms with Crippen LogP contribution in [0, 0.1) is 29.1 Å². The van der Waals surface area contributed by atoms with Crippen molar-refractivity contribution in [2.45, 2.75) is 43.9 Å². The molecule has 1 N–H and O–H groups in total. The molecule has 0 radical (unpaired) electrons. The van der Waals surface area contributed by atoms with Gasteiger partial charge < -0.3 is 0 Å². The van der Waals surface area contributed by atoms with Crippen LogP contribution in [0.4, 0.5) is 5.69 Å². The van der Waals surface area contributed by atoms with E-state index < -0.39 is 17.3 Å². The molecule has 6 nitrogen and oxygen atoms in total. The number of halogens is 1. The van der Waals surface area contributed by atoms with Crippen LogP contribution in [0.5, 0.6) is 0 Å². The monoisotopic (exact) mass is 563 g/mol. The van der Waals surface area contributed by atoms with E-state index in [4.69, 9.17) is 11.6 Å². The Labute approximate surface area is 243 Å². The minimum Gasteiger partial charge on any atom is -0.274 e. The van der Waals surface area contributed by atoms with Gasteiger partial charge in [0.2, 0.25) is 17.7 Å². The van der Waals surface area contributed by atoms with Gasteiger partial charge in [-0.25, -0.2) is 10.3 Å². The van der Waals surface area contributed by atoms with Gasteiger partial charge in [0.15, 0.2) is 0 Å². The molecular formula is C34H30ClN3O3. The van der Waals surface area contributed by atoms with E-state index in [-0.39, 0.29) is 35.0 Å². The van der Waals surface area contributed by atoms with E-state index in [0.29, 0.717) is 16.6 Å². The van der Waals surface area contributed by atoms with Crippen LogP contribution in [0.2, 0.25) is 5.02 Å². The molecule has 0 aromatic heterocycles. The lowest BCUT2D eigenvalue weighted by Gasteiger charge is -2.52. The van der Waals surface area contributed by atoms with E-state index in [2.05, 4.69) is 29.6 Å². The van der Waals surface area contributed by atoms with E-state index >= 15 is 0 Å². The summed E-state index contributed by atoms with van der Waals surface area (Å²) in [4.78, 5) is 43.3. The van der Waals surface area contributed by atoms with Crippen LogP contribution in [-0.2, 0) is 19.8 Å². The number of nitrogens with zero attached hydrogens (tertiary/aromatic N) is 2. The van der Waals surface area contributed by atoms with Gasteiger partial charge in [-0.15, -0.1) is 0 Å². The minimum atomic E-state index is -1.02. The zero-order valence-electron chi connectivity index (χ0n) is 22.7. The quantitative estimate of drug-likeness (QED) is 0.247. The van der Waals surface area contributed by atoms with Crippen LogP contribution < -0.4 is 10.3 Å². The lowest BCUT2D eigenvalue weighted by Crippen LogP contribution is -2.54. The molecule has 1 heterocycles. The fourth-order valence-electron chi connectivity index (χ4n) is 9.04. The third kappa shape index (κ3) is 3.14. The SMILES string of the molecule is C[C@]12CCCC[C@@H]1[C@@H]2C(=O)N/N=C\C12c3ccccc3C(c3ccccc31)[C@H]1C(=O)N(c3ccccc3Cl)C(=O)[C@@H]12. The predicted octanol–water partition coefficient (Wildman–Crippen LogP) is 5.82. The standard InChI is InChI=1S/C34H30ClN3O3/c1-33-17-9-8-14-23(33)28(33)30(39)37-36-18-34-21-12-4-2-10-19(21)26(20-11-3-5-13-22(20)34)27-29(34)32(41)38(31(27)40)25-16-7-6-15-24(25)35/h2-7,10-13,15-16,18,23,26-29H,8-9,14,17H2,1H3,(H,37,39)/b36-18-/t23-,26?,27-,28-,29-,33+,34?/m1/s1. The molecule has 0 unspecified atom stereocenters. The number of fused-ring (bicyclic) bond motifs is 1. The number of hydrogen-bond donors (Lipinski definition) is 1. The van der Waals surface area contributed by atoms with Gasteiger partial charge in [-0.2, -0.15) is 5.10 Å². The largest absolute Gasteiger partial charge is 0.274 e. The number of imide groups is 1. The molecule has 6 aliphatic rings. The van der Waals surface area contributed by atoms with Crippen LogP contribution in [0.25, 0.3) is 0 Å². The second-order valence-electron chi connectivity index (χ2n) is 12.6. The summed E-state index contributed by atoms with van der Waals surface area (Å²) in [5.41, 5.74) is 6.26. The number of carbonyl (C=O) groups excluding carboxylic acids is 3. The van der Waals surface area contributed by atoms with E-state index in [1.807, 2.05) is 36.4 Å². The van der Waals surface area contributed by atoms with Crippen LogP contribution in [0.15, 0.2) is 77.9 Å². The zero-order chi connectivity index (χ0) is 28.1. The number of amides is 3. The highest BCUT2D eigenvalue weighted by atomic mass is 35.5. The summed E-state index contributed by atoms with van der Waals surface area (Å²) < 4.78 is 0. The van der Waals surface area contributed by atoms with Crippen LogP contribution in [0.3, 0.4) is 0 Å². The van der Waals surface area contributed by atoms with E-state index in [0.717, 1.165) is 35.1 Å². The van der Waals surface area contributed by atoms with Gasteiger partial charge in [-0.05, 0) is 58.6 Å². The molecular weight excluding hydrogens is 534 g/mol. The van der Waals surface area contributed by atoms with E-state index in [1.54, 1.807) is 30.5 Å². The highest BCUT2D eigenvalue weighted by Crippen LogP contribution is 2.66. The lowest BCUT2D eigenvalue weighted by molar-refractivity contribution is -0.124. The molecule has 3 aromatic rings. The van der Waals surface area contributed by atoms with Gasteiger partial charge in [-0.3, -0.25) is 14.4 Å². The molecule has 1 saturated heterocycles. The van der Waals surface area contributed by atoms with Crippen molar-refractivity contribution >= 4 is 41.2 Å². The van der Waals surface area contributed by atoms with Gasteiger partial charge >= 0.3 is 0 Å². The Hall–Kier alpha value is -3.77. The topological polar surface area (TPSA) is 78.8 Å². The average Bonchev–Trinajstić information content (AvgIpc) is 3.54. The van der Waals surface area contributed by atoms with Crippen LogP contribution in [0.1, 0.15) is 60.8 Å². The normalized spacial score (nSPS) is 34.2. The summed E-state index contributed by atoms with van der Waals surface area (Å²) >= 11 is 6.53. The third-order valence-corrected chi connectivity index (χ3v) is 11.2. The van der Waals surface area contributed by atoms with E-state index in [1.165, 1.54) is 17.7 Å². The summed E-state index contributed by atoms with van der Waals surface area (Å²) in [5, 5.41) is 4.96. The number of hydrogen-bond acceptors (Lipinski definition) is 4. The molecule has 206 valence electrons. The minimum absolute atomic E-state index is 0.0283. The molecule has 5 aliphatic carbocycles. The molecule has 9 rings (SSSR count). The first kappa shape index (κ1) is 25.0.